The average Bonchev–Trinajstić information content (AvgIpc) is 3.44. The van der Waals surface area contributed by atoms with Gasteiger partial charge in [-0.15, -0.1) is 0 Å². The maximum Gasteiger partial charge on any atom is 0.320 e. The zero-order valence-electron chi connectivity index (χ0n) is 20.4. The molecule has 2 atom stereocenters. The minimum absolute atomic E-state index is 0.232. The lowest BCUT2D eigenvalue weighted by molar-refractivity contribution is 0.0783. The molecule has 3 aromatic rings. The van der Waals surface area contributed by atoms with E-state index in [2.05, 4.69) is 20.5 Å². The third kappa shape index (κ3) is 6.07. The molecule has 192 valence electrons. The number of nitrogens with zero attached hydrogens (tertiary/aromatic N) is 2. The summed E-state index contributed by atoms with van der Waals surface area (Å²) in [4.78, 5) is 19.9. The zero-order chi connectivity index (χ0) is 25.9. The van der Waals surface area contributed by atoms with Crippen LogP contribution in [0, 0.1) is 11.6 Å². The first kappa shape index (κ1) is 26.2. The van der Waals surface area contributed by atoms with Crippen LogP contribution < -0.4 is 10.6 Å². The lowest BCUT2D eigenvalue weighted by Crippen LogP contribution is -2.42. The van der Waals surface area contributed by atoms with E-state index in [4.69, 9.17) is 4.74 Å². The van der Waals surface area contributed by atoms with Crippen LogP contribution in [0.25, 0.3) is 11.3 Å². The van der Waals surface area contributed by atoms with Crippen LogP contribution in [0.15, 0.2) is 48.5 Å². The number of rotatable bonds is 8. The first-order valence-electron chi connectivity index (χ1n) is 11.7. The van der Waals surface area contributed by atoms with Gasteiger partial charge < -0.3 is 15.2 Å². The first-order valence-corrected chi connectivity index (χ1v) is 12.5. The topological polar surface area (TPSA) is 86.7 Å². The van der Waals surface area contributed by atoms with Gasteiger partial charge in [-0.3, -0.25) is 10.2 Å². The molecule has 2 amide bonds. The van der Waals surface area contributed by atoms with E-state index in [0.29, 0.717) is 47.5 Å². The van der Waals surface area contributed by atoms with Crippen LogP contribution in [0.4, 0.5) is 18.6 Å². The number of carbonyl (C=O) groups excluding carboxylic acids is 1. The van der Waals surface area contributed by atoms with Gasteiger partial charge in [0, 0.05) is 38.2 Å². The number of aliphatic hydroxyl groups is 1. The molecule has 7 nitrogen and oxygen atoms in total. The standard InChI is InChI=1S/C26H30F2N4O3S/c1-26(2,34)24-30-22(16-7-5-4-6-8-16)23(36-24)31-25(33)29-21-15-32(11-12-35-3)14-18(21)17-9-10-19(27)20(28)13-17/h4-10,13,18,21,34H,11-12,14-15H2,1-3H3,(H2,29,31,33)/t18-,21+/m0/s1. The van der Waals surface area contributed by atoms with E-state index < -0.39 is 23.3 Å². The second-order valence-electron chi connectivity index (χ2n) is 9.36. The molecule has 1 aliphatic rings. The van der Waals surface area contributed by atoms with Crippen molar-refractivity contribution in [2.75, 3.05) is 38.7 Å². The quantitative estimate of drug-likeness (QED) is 0.409. The highest BCUT2D eigenvalue weighted by atomic mass is 32.1. The summed E-state index contributed by atoms with van der Waals surface area (Å²) in [6, 6.07) is 12.5. The Morgan fingerprint density at radius 3 is 2.61 bits per heavy atom. The second kappa shape index (κ2) is 11.0. The van der Waals surface area contributed by atoms with Crippen LogP contribution in [-0.2, 0) is 10.3 Å². The van der Waals surface area contributed by atoms with Gasteiger partial charge in [0.2, 0.25) is 0 Å². The molecule has 2 heterocycles. The van der Waals surface area contributed by atoms with Crippen LogP contribution in [0.3, 0.4) is 0 Å². The third-order valence-electron chi connectivity index (χ3n) is 6.12. The van der Waals surface area contributed by atoms with Crippen LogP contribution in [0.5, 0.6) is 0 Å². The van der Waals surface area contributed by atoms with Crippen molar-refractivity contribution in [1.82, 2.24) is 15.2 Å². The highest BCUT2D eigenvalue weighted by Gasteiger charge is 2.35. The molecule has 10 heteroatoms. The van der Waals surface area contributed by atoms with E-state index in [0.717, 1.165) is 11.6 Å². The fourth-order valence-corrected chi connectivity index (χ4v) is 5.27. The Labute approximate surface area is 213 Å². The summed E-state index contributed by atoms with van der Waals surface area (Å²) in [5.41, 5.74) is 0.825. The summed E-state index contributed by atoms with van der Waals surface area (Å²) in [6.45, 7) is 5.55. The normalized spacial score (nSPS) is 18.4. The van der Waals surface area contributed by atoms with Crippen molar-refractivity contribution in [3.05, 3.63) is 70.7 Å². The number of aromatic nitrogens is 1. The van der Waals surface area contributed by atoms with Crippen LogP contribution in [-0.4, -0.2) is 60.4 Å². The van der Waals surface area contributed by atoms with Gasteiger partial charge in [0.1, 0.15) is 21.3 Å². The number of likely N-dealkylation sites (tertiary alicyclic amines) is 1. The Morgan fingerprint density at radius 2 is 1.94 bits per heavy atom. The molecule has 0 aliphatic carbocycles. The molecular weight excluding hydrogens is 486 g/mol. The van der Waals surface area contributed by atoms with Gasteiger partial charge in [0.15, 0.2) is 11.6 Å². The molecule has 36 heavy (non-hydrogen) atoms. The lowest BCUT2D eigenvalue weighted by atomic mass is 9.94. The zero-order valence-corrected chi connectivity index (χ0v) is 21.2. The molecular formula is C26H30F2N4O3S. The summed E-state index contributed by atoms with van der Waals surface area (Å²) in [5.74, 6) is -2.05. The number of methoxy groups -OCH3 is 1. The number of ether oxygens (including phenoxy) is 1. The van der Waals surface area contributed by atoms with E-state index in [9.17, 15) is 18.7 Å². The number of carbonyl (C=O) groups is 1. The predicted molar refractivity (Wildman–Crippen MR) is 136 cm³/mol. The van der Waals surface area contributed by atoms with Crippen molar-refractivity contribution in [3.8, 4) is 11.3 Å². The lowest BCUT2D eigenvalue weighted by Gasteiger charge is -2.20. The molecule has 1 saturated heterocycles. The monoisotopic (exact) mass is 516 g/mol. The smallest absolute Gasteiger partial charge is 0.320 e. The van der Waals surface area contributed by atoms with Crippen molar-refractivity contribution < 1.29 is 23.4 Å². The van der Waals surface area contributed by atoms with E-state index >= 15 is 0 Å². The minimum atomic E-state index is -1.17. The Bertz CT molecular complexity index is 1200. The molecule has 0 bridgehead atoms. The van der Waals surface area contributed by atoms with Crippen molar-refractivity contribution in [3.63, 3.8) is 0 Å². The van der Waals surface area contributed by atoms with Gasteiger partial charge >= 0.3 is 6.03 Å². The number of anilines is 1. The van der Waals surface area contributed by atoms with Gasteiger partial charge in [0.25, 0.3) is 0 Å². The molecule has 2 aromatic carbocycles. The molecule has 0 radical (unpaired) electrons. The highest BCUT2D eigenvalue weighted by Crippen LogP contribution is 2.37. The summed E-state index contributed by atoms with van der Waals surface area (Å²) in [7, 11) is 1.62. The predicted octanol–water partition coefficient (Wildman–Crippen LogP) is 4.55. The van der Waals surface area contributed by atoms with Gasteiger partial charge in [-0.1, -0.05) is 47.7 Å². The van der Waals surface area contributed by atoms with Gasteiger partial charge in [-0.05, 0) is 31.5 Å². The van der Waals surface area contributed by atoms with Gasteiger partial charge in [-0.2, -0.15) is 0 Å². The third-order valence-corrected chi connectivity index (χ3v) is 7.40. The number of thiazole rings is 1. The molecule has 1 aliphatic heterocycles. The number of amides is 2. The molecule has 4 rings (SSSR count). The SMILES string of the molecule is COCCN1C[C@@H](NC(=O)Nc2sc(C(C)(C)O)nc2-c2ccccc2)[C@H](c2ccc(F)c(F)c2)C1. The maximum atomic E-state index is 14.0. The summed E-state index contributed by atoms with van der Waals surface area (Å²) in [6.07, 6.45) is 0. The minimum Gasteiger partial charge on any atom is -0.383 e. The fraction of sp³-hybridized carbons (Fsp3) is 0.385. The van der Waals surface area contributed by atoms with Crippen LogP contribution in [0.1, 0.15) is 30.3 Å². The van der Waals surface area contributed by atoms with Gasteiger partial charge in [-0.25, -0.2) is 18.6 Å². The van der Waals surface area contributed by atoms with E-state index in [-0.39, 0.29) is 12.0 Å². The van der Waals surface area contributed by atoms with Crippen molar-refractivity contribution in [1.29, 1.82) is 0 Å². The van der Waals surface area contributed by atoms with Crippen molar-refractivity contribution in [2.24, 2.45) is 0 Å². The highest BCUT2D eigenvalue weighted by molar-refractivity contribution is 7.16. The Morgan fingerprint density at radius 1 is 1.19 bits per heavy atom. The molecule has 1 aromatic heterocycles. The van der Waals surface area contributed by atoms with E-state index in [1.54, 1.807) is 27.0 Å². The molecule has 3 N–H and O–H groups in total. The van der Waals surface area contributed by atoms with Gasteiger partial charge in [0.05, 0.1) is 12.6 Å². The van der Waals surface area contributed by atoms with E-state index in [1.807, 2.05) is 30.3 Å². The summed E-state index contributed by atoms with van der Waals surface area (Å²) >= 11 is 1.21. The Kier molecular flexibility index (Phi) is 7.99. The van der Waals surface area contributed by atoms with Crippen LogP contribution >= 0.6 is 11.3 Å². The first-order chi connectivity index (χ1) is 17.2. The molecule has 1 fully saturated rings. The number of benzene rings is 2. The summed E-state index contributed by atoms with van der Waals surface area (Å²) < 4.78 is 32.7. The molecule has 0 unspecified atom stereocenters. The van der Waals surface area contributed by atoms with Crippen LogP contribution in [0.2, 0.25) is 0 Å². The number of urea groups is 1. The second-order valence-corrected chi connectivity index (χ2v) is 10.4. The molecule has 0 spiro atoms. The molecule has 0 saturated carbocycles. The Balaban J connectivity index is 1.56. The number of nitrogens with one attached hydrogen (secondary N) is 2. The van der Waals surface area contributed by atoms with E-state index in [1.165, 1.54) is 17.4 Å². The maximum absolute atomic E-state index is 14.0. The summed E-state index contributed by atoms with van der Waals surface area (Å²) in [5, 5.41) is 17.4. The fourth-order valence-electron chi connectivity index (χ4n) is 4.28. The number of hydrogen-bond donors (Lipinski definition) is 3. The van der Waals surface area contributed by atoms with Crippen molar-refractivity contribution >= 4 is 22.4 Å². The number of halogens is 2. The largest absolute Gasteiger partial charge is 0.383 e. The Hall–Kier alpha value is -2.92. The number of hydrogen-bond acceptors (Lipinski definition) is 6. The average molecular weight is 517 g/mol. The van der Waals surface area contributed by atoms with Crippen molar-refractivity contribution in [2.45, 2.75) is 31.4 Å².